The molecule has 0 spiro atoms. The number of halogens is 2. The van der Waals surface area contributed by atoms with Crippen molar-refractivity contribution in [3.63, 3.8) is 0 Å². The predicted molar refractivity (Wildman–Crippen MR) is 66.1 cm³/mol. The van der Waals surface area contributed by atoms with E-state index in [0.717, 1.165) is 18.2 Å². The molecule has 1 rings (SSSR count). The van der Waals surface area contributed by atoms with Gasteiger partial charge in [0.1, 0.15) is 11.6 Å². The Balaban J connectivity index is 2.79. The Morgan fingerprint density at radius 2 is 2.06 bits per heavy atom. The lowest BCUT2D eigenvalue weighted by Crippen LogP contribution is -2.37. The highest BCUT2D eigenvalue weighted by atomic mass is 19.1. The quantitative estimate of drug-likeness (QED) is 0.842. The molecule has 0 saturated carbocycles. The van der Waals surface area contributed by atoms with Crippen molar-refractivity contribution in [2.75, 3.05) is 13.1 Å². The lowest BCUT2D eigenvalue weighted by Gasteiger charge is -2.26. The maximum atomic E-state index is 13.6. The van der Waals surface area contributed by atoms with Crippen molar-refractivity contribution in [2.45, 2.75) is 25.7 Å². The Labute approximate surface area is 105 Å². The van der Waals surface area contributed by atoms with Gasteiger partial charge in [0, 0.05) is 24.9 Å². The molecule has 0 fully saturated rings. The average molecular weight is 256 g/mol. The third kappa shape index (κ3) is 3.77. The van der Waals surface area contributed by atoms with Crippen LogP contribution in [0.4, 0.5) is 8.78 Å². The maximum Gasteiger partial charge on any atom is 0.221 e. The second-order valence-corrected chi connectivity index (χ2v) is 4.82. The van der Waals surface area contributed by atoms with Crippen LogP contribution in [0.25, 0.3) is 0 Å². The van der Waals surface area contributed by atoms with Crippen molar-refractivity contribution in [1.82, 2.24) is 5.32 Å². The average Bonchev–Trinajstić information content (AvgIpc) is 2.30. The molecule has 3 N–H and O–H groups in total. The molecule has 0 heterocycles. The highest BCUT2D eigenvalue weighted by molar-refractivity contribution is 5.76. The van der Waals surface area contributed by atoms with Gasteiger partial charge >= 0.3 is 0 Å². The highest BCUT2D eigenvalue weighted by Gasteiger charge is 2.25. The van der Waals surface area contributed by atoms with E-state index in [2.05, 4.69) is 5.32 Å². The first-order chi connectivity index (χ1) is 8.36. The molecule has 0 radical (unpaired) electrons. The molecule has 18 heavy (non-hydrogen) atoms. The van der Waals surface area contributed by atoms with Gasteiger partial charge in [-0.25, -0.2) is 8.78 Å². The van der Waals surface area contributed by atoms with Gasteiger partial charge in [-0.1, -0.05) is 13.8 Å². The smallest absolute Gasteiger partial charge is 0.221 e. The fraction of sp³-hybridized carbons (Fsp3) is 0.462. The van der Waals surface area contributed by atoms with Crippen molar-refractivity contribution in [3.8, 4) is 0 Å². The SMILES string of the molecule is CC(C)(CNC(=O)CCN)c1cc(F)ccc1F. The molecule has 0 saturated heterocycles. The molecule has 0 atom stereocenters. The normalized spacial score (nSPS) is 11.4. The summed E-state index contributed by atoms with van der Waals surface area (Å²) in [6, 6.07) is 3.32. The zero-order valence-electron chi connectivity index (χ0n) is 10.6. The first-order valence-electron chi connectivity index (χ1n) is 5.79. The Morgan fingerprint density at radius 3 is 2.67 bits per heavy atom. The zero-order valence-corrected chi connectivity index (χ0v) is 10.6. The number of hydrogen-bond donors (Lipinski definition) is 2. The molecule has 100 valence electrons. The summed E-state index contributed by atoms with van der Waals surface area (Å²) in [7, 11) is 0. The molecule has 1 aromatic rings. The van der Waals surface area contributed by atoms with Crippen LogP contribution in [0.5, 0.6) is 0 Å². The molecule has 1 amide bonds. The summed E-state index contributed by atoms with van der Waals surface area (Å²) in [6.45, 7) is 3.98. The molecule has 0 aliphatic heterocycles. The van der Waals surface area contributed by atoms with E-state index in [1.807, 2.05) is 0 Å². The van der Waals surface area contributed by atoms with Crippen LogP contribution in [0.3, 0.4) is 0 Å². The number of nitrogens with two attached hydrogens (primary N) is 1. The molecule has 0 aromatic heterocycles. The summed E-state index contributed by atoms with van der Waals surface area (Å²) in [5.41, 5.74) is 4.82. The molecular formula is C13H18F2N2O. The van der Waals surface area contributed by atoms with Gasteiger partial charge in [0.2, 0.25) is 5.91 Å². The Hall–Kier alpha value is -1.49. The van der Waals surface area contributed by atoms with Gasteiger partial charge in [-0.15, -0.1) is 0 Å². The second kappa shape index (κ2) is 5.91. The summed E-state index contributed by atoms with van der Waals surface area (Å²) >= 11 is 0. The van der Waals surface area contributed by atoms with Crippen LogP contribution in [-0.2, 0) is 10.2 Å². The predicted octanol–water partition coefficient (Wildman–Crippen LogP) is 1.71. The summed E-state index contributed by atoms with van der Waals surface area (Å²) in [5, 5.41) is 2.66. The van der Waals surface area contributed by atoms with E-state index < -0.39 is 17.0 Å². The van der Waals surface area contributed by atoms with Gasteiger partial charge in [-0.2, -0.15) is 0 Å². The summed E-state index contributed by atoms with van der Waals surface area (Å²) in [6.07, 6.45) is 0.224. The molecule has 1 aromatic carbocycles. The van der Waals surface area contributed by atoms with Crippen molar-refractivity contribution < 1.29 is 13.6 Å². The van der Waals surface area contributed by atoms with Gasteiger partial charge in [0.05, 0.1) is 0 Å². The van der Waals surface area contributed by atoms with E-state index >= 15 is 0 Å². The number of carbonyl (C=O) groups excluding carboxylic acids is 1. The minimum atomic E-state index is -0.684. The molecule has 0 aliphatic carbocycles. The van der Waals surface area contributed by atoms with Crippen molar-refractivity contribution in [1.29, 1.82) is 0 Å². The van der Waals surface area contributed by atoms with Gasteiger partial charge in [-0.05, 0) is 23.8 Å². The molecule has 3 nitrogen and oxygen atoms in total. The fourth-order valence-corrected chi connectivity index (χ4v) is 1.65. The lowest BCUT2D eigenvalue weighted by atomic mass is 9.84. The standard InChI is InChI=1S/C13H18F2N2O/c1-13(2,8-17-12(18)5-6-16)10-7-9(14)3-4-11(10)15/h3-4,7H,5-6,8,16H2,1-2H3,(H,17,18). The van der Waals surface area contributed by atoms with E-state index in [-0.39, 0.29) is 31.0 Å². The Morgan fingerprint density at radius 1 is 1.39 bits per heavy atom. The van der Waals surface area contributed by atoms with Crippen LogP contribution >= 0.6 is 0 Å². The minimum absolute atomic E-state index is 0.192. The highest BCUT2D eigenvalue weighted by Crippen LogP contribution is 2.25. The van der Waals surface area contributed by atoms with Gasteiger partial charge < -0.3 is 11.1 Å². The number of nitrogens with one attached hydrogen (secondary N) is 1. The third-order valence-electron chi connectivity index (χ3n) is 2.76. The van der Waals surface area contributed by atoms with Crippen LogP contribution in [0.15, 0.2) is 18.2 Å². The zero-order chi connectivity index (χ0) is 13.8. The van der Waals surface area contributed by atoms with Gasteiger partial charge in [0.25, 0.3) is 0 Å². The van der Waals surface area contributed by atoms with Gasteiger partial charge in [-0.3, -0.25) is 4.79 Å². The van der Waals surface area contributed by atoms with Crippen molar-refractivity contribution >= 4 is 5.91 Å². The van der Waals surface area contributed by atoms with E-state index in [0.29, 0.717) is 0 Å². The number of amides is 1. The number of hydrogen-bond acceptors (Lipinski definition) is 2. The number of rotatable bonds is 5. The topological polar surface area (TPSA) is 55.1 Å². The fourth-order valence-electron chi connectivity index (χ4n) is 1.65. The van der Waals surface area contributed by atoms with Crippen molar-refractivity contribution in [3.05, 3.63) is 35.4 Å². The number of benzene rings is 1. The van der Waals surface area contributed by atoms with Crippen LogP contribution < -0.4 is 11.1 Å². The summed E-state index contributed by atoms with van der Waals surface area (Å²) in [4.78, 5) is 11.3. The largest absolute Gasteiger partial charge is 0.355 e. The van der Waals surface area contributed by atoms with E-state index in [1.165, 1.54) is 0 Å². The number of carbonyl (C=O) groups is 1. The van der Waals surface area contributed by atoms with Crippen LogP contribution in [0.2, 0.25) is 0 Å². The van der Waals surface area contributed by atoms with Crippen molar-refractivity contribution in [2.24, 2.45) is 5.73 Å². The maximum absolute atomic E-state index is 13.6. The van der Waals surface area contributed by atoms with Crippen LogP contribution in [0.1, 0.15) is 25.8 Å². The monoisotopic (exact) mass is 256 g/mol. The van der Waals surface area contributed by atoms with Crippen LogP contribution in [0, 0.1) is 11.6 Å². The molecule has 5 heteroatoms. The third-order valence-corrected chi connectivity index (χ3v) is 2.76. The van der Waals surface area contributed by atoms with E-state index in [1.54, 1.807) is 13.8 Å². The second-order valence-electron chi connectivity index (χ2n) is 4.82. The van der Waals surface area contributed by atoms with E-state index in [9.17, 15) is 13.6 Å². The minimum Gasteiger partial charge on any atom is -0.355 e. The molecular weight excluding hydrogens is 238 g/mol. The molecule has 0 unspecified atom stereocenters. The first kappa shape index (κ1) is 14.6. The van der Waals surface area contributed by atoms with E-state index in [4.69, 9.17) is 5.73 Å². The molecule has 0 aliphatic rings. The Kier molecular flexibility index (Phi) is 4.78. The molecule has 0 bridgehead atoms. The van der Waals surface area contributed by atoms with Gasteiger partial charge in [0.15, 0.2) is 0 Å². The Bertz CT molecular complexity index is 433. The van der Waals surface area contributed by atoms with Crippen LogP contribution in [-0.4, -0.2) is 19.0 Å². The summed E-state index contributed by atoms with van der Waals surface area (Å²) < 4.78 is 26.8. The first-order valence-corrected chi connectivity index (χ1v) is 5.79. The lowest BCUT2D eigenvalue weighted by molar-refractivity contribution is -0.121. The summed E-state index contributed by atoms with van der Waals surface area (Å²) in [5.74, 6) is -1.16.